The van der Waals surface area contributed by atoms with Crippen molar-refractivity contribution in [2.24, 2.45) is 5.10 Å². The number of amides is 2. The number of esters is 1. The number of urea groups is 1. The molecule has 2 amide bonds. The molecule has 4 N–H and O–H groups in total. The molecule has 0 bridgehead atoms. The summed E-state index contributed by atoms with van der Waals surface area (Å²) in [4.78, 5) is 23.4. The zero-order chi connectivity index (χ0) is 21.3. The van der Waals surface area contributed by atoms with Gasteiger partial charge in [-0.2, -0.15) is 5.10 Å². The summed E-state index contributed by atoms with van der Waals surface area (Å²) in [6, 6.07) is 11.2. The fourth-order valence-corrected chi connectivity index (χ4v) is 2.54. The number of ether oxygens (including phenoxy) is 3. The van der Waals surface area contributed by atoms with Crippen molar-refractivity contribution in [3.63, 3.8) is 0 Å². The van der Waals surface area contributed by atoms with Crippen LogP contribution in [0.2, 0.25) is 0 Å². The molecule has 10 nitrogen and oxygen atoms in total. The SMILES string of the molecule is CCOC(=O)c1ccc(NC(=S)NNC(=O)N/N=C/c2ccc3c(c2)OCO3)cc1. The Morgan fingerprint density at radius 2 is 1.90 bits per heavy atom. The molecular weight excluding hydrogens is 410 g/mol. The van der Waals surface area contributed by atoms with E-state index < -0.39 is 12.0 Å². The van der Waals surface area contributed by atoms with Crippen LogP contribution >= 0.6 is 12.2 Å². The number of thiocarbonyl (C=S) groups is 1. The van der Waals surface area contributed by atoms with E-state index in [-0.39, 0.29) is 11.9 Å². The van der Waals surface area contributed by atoms with Gasteiger partial charge in [0, 0.05) is 5.69 Å². The van der Waals surface area contributed by atoms with Crippen LogP contribution in [0.25, 0.3) is 0 Å². The van der Waals surface area contributed by atoms with Gasteiger partial charge in [0.05, 0.1) is 18.4 Å². The van der Waals surface area contributed by atoms with Crippen molar-refractivity contribution in [1.82, 2.24) is 16.3 Å². The van der Waals surface area contributed by atoms with Crippen LogP contribution in [0.5, 0.6) is 11.5 Å². The minimum Gasteiger partial charge on any atom is -0.462 e. The number of hydrogen-bond donors (Lipinski definition) is 4. The van der Waals surface area contributed by atoms with Crippen LogP contribution in [0.3, 0.4) is 0 Å². The summed E-state index contributed by atoms with van der Waals surface area (Å²) >= 11 is 5.09. The molecule has 2 aromatic carbocycles. The van der Waals surface area contributed by atoms with E-state index in [1.807, 2.05) is 0 Å². The van der Waals surface area contributed by atoms with Crippen LogP contribution < -0.4 is 31.1 Å². The van der Waals surface area contributed by atoms with Crippen LogP contribution in [-0.2, 0) is 4.74 Å². The summed E-state index contributed by atoms with van der Waals surface area (Å²) in [6.45, 7) is 2.23. The lowest BCUT2D eigenvalue weighted by Gasteiger charge is -2.11. The summed E-state index contributed by atoms with van der Waals surface area (Å²) in [7, 11) is 0. The van der Waals surface area contributed by atoms with Crippen LogP contribution in [0.1, 0.15) is 22.8 Å². The van der Waals surface area contributed by atoms with E-state index in [1.165, 1.54) is 6.21 Å². The summed E-state index contributed by atoms with van der Waals surface area (Å²) in [6.07, 6.45) is 1.46. The standard InChI is InChI=1S/C19H19N5O5S/c1-2-27-17(25)13-4-6-14(7-5-13)21-19(30)24-23-18(26)22-20-10-12-3-8-15-16(9-12)29-11-28-15/h3-10H,2,11H2,1H3,(H2,21,24,30)(H2,22,23,26)/b20-10+. The van der Waals surface area contributed by atoms with Crippen LogP contribution in [0.15, 0.2) is 47.6 Å². The number of nitrogens with one attached hydrogen (secondary N) is 4. The molecule has 0 fully saturated rings. The maximum absolute atomic E-state index is 11.8. The Labute approximate surface area is 177 Å². The van der Waals surface area contributed by atoms with Gasteiger partial charge in [-0.3, -0.25) is 5.43 Å². The molecule has 11 heteroatoms. The van der Waals surface area contributed by atoms with E-state index in [9.17, 15) is 9.59 Å². The maximum Gasteiger partial charge on any atom is 0.353 e. The molecule has 3 rings (SSSR count). The molecule has 0 aromatic heterocycles. The van der Waals surface area contributed by atoms with Gasteiger partial charge in [0.1, 0.15) is 0 Å². The average molecular weight is 429 g/mol. The number of rotatable bonds is 5. The normalized spacial score (nSPS) is 11.6. The van der Waals surface area contributed by atoms with E-state index >= 15 is 0 Å². The molecule has 0 unspecified atom stereocenters. The van der Waals surface area contributed by atoms with Crippen molar-refractivity contribution in [3.8, 4) is 11.5 Å². The third-order valence-corrected chi connectivity index (χ3v) is 3.92. The third kappa shape index (κ3) is 5.82. The van der Waals surface area contributed by atoms with Crippen LogP contribution in [-0.4, -0.2) is 36.7 Å². The fraction of sp³-hybridized carbons (Fsp3) is 0.158. The van der Waals surface area contributed by atoms with Gasteiger partial charge in [0.25, 0.3) is 0 Å². The molecular formula is C19H19N5O5S. The number of benzene rings is 2. The molecule has 0 radical (unpaired) electrons. The largest absolute Gasteiger partial charge is 0.462 e. The number of hydrazine groups is 1. The second kappa shape index (κ2) is 10.1. The Hall–Kier alpha value is -3.86. The average Bonchev–Trinajstić information content (AvgIpc) is 3.21. The highest BCUT2D eigenvalue weighted by molar-refractivity contribution is 7.80. The van der Waals surface area contributed by atoms with E-state index in [4.69, 9.17) is 26.4 Å². The monoisotopic (exact) mass is 429 g/mol. The molecule has 0 spiro atoms. The van der Waals surface area contributed by atoms with Crippen molar-refractivity contribution in [3.05, 3.63) is 53.6 Å². The lowest BCUT2D eigenvalue weighted by molar-refractivity contribution is 0.0526. The van der Waals surface area contributed by atoms with E-state index in [1.54, 1.807) is 49.4 Å². The lowest BCUT2D eigenvalue weighted by Crippen LogP contribution is -2.47. The lowest BCUT2D eigenvalue weighted by atomic mass is 10.2. The van der Waals surface area contributed by atoms with Gasteiger partial charge in [-0.1, -0.05) is 0 Å². The molecule has 0 aliphatic carbocycles. The van der Waals surface area contributed by atoms with Gasteiger partial charge in [0.2, 0.25) is 6.79 Å². The minimum atomic E-state index is -0.617. The number of carbonyl (C=O) groups excluding carboxylic acids is 2. The van der Waals surface area contributed by atoms with Gasteiger partial charge >= 0.3 is 12.0 Å². The molecule has 30 heavy (non-hydrogen) atoms. The highest BCUT2D eigenvalue weighted by atomic mass is 32.1. The van der Waals surface area contributed by atoms with E-state index in [2.05, 4.69) is 26.7 Å². The number of hydrazone groups is 1. The number of fused-ring (bicyclic) bond motifs is 1. The number of nitrogens with zero attached hydrogens (tertiary/aromatic N) is 1. The van der Waals surface area contributed by atoms with Crippen molar-refractivity contribution in [1.29, 1.82) is 0 Å². The summed E-state index contributed by atoms with van der Waals surface area (Å²) in [5.74, 6) is 0.889. The fourth-order valence-electron chi connectivity index (χ4n) is 2.37. The highest BCUT2D eigenvalue weighted by Gasteiger charge is 2.12. The van der Waals surface area contributed by atoms with Crippen LogP contribution in [0.4, 0.5) is 10.5 Å². The number of anilines is 1. The number of carbonyl (C=O) groups is 2. The van der Waals surface area contributed by atoms with E-state index in [0.29, 0.717) is 29.4 Å². The van der Waals surface area contributed by atoms with Crippen molar-refractivity contribution >= 4 is 41.2 Å². The predicted octanol–water partition coefficient (Wildman–Crippen LogP) is 2.13. The van der Waals surface area contributed by atoms with E-state index in [0.717, 1.165) is 5.56 Å². The molecule has 1 aliphatic rings. The van der Waals surface area contributed by atoms with Crippen molar-refractivity contribution in [2.45, 2.75) is 6.92 Å². The molecule has 0 saturated carbocycles. The maximum atomic E-state index is 11.8. The number of hydrogen-bond acceptors (Lipinski definition) is 7. The summed E-state index contributed by atoms with van der Waals surface area (Å²) < 4.78 is 15.4. The molecule has 2 aromatic rings. The van der Waals surface area contributed by atoms with Gasteiger partial charge in [0.15, 0.2) is 16.6 Å². The zero-order valence-corrected chi connectivity index (χ0v) is 16.7. The summed E-state index contributed by atoms with van der Waals surface area (Å²) in [5.41, 5.74) is 8.95. The second-order valence-electron chi connectivity index (χ2n) is 5.81. The van der Waals surface area contributed by atoms with Crippen LogP contribution in [0, 0.1) is 0 Å². The second-order valence-corrected chi connectivity index (χ2v) is 6.22. The zero-order valence-electron chi connectivity index (χ0n) is 15.9. The Morgan fingerprint density at radius 3 is 2.67 bits per heavy atom. The molecule has 0 atom stereocenters. The van der Waals surface area contributed by atoms with Gasteiger partial charge in [-0.15, -0.1) is 0 Å². The predicted molar refractivity (Wildman–Crippen MR) is 114 cm³/mol. The molecule has 0 saturated heterocycles. The first-order valence-corrected chi connectivity index (χ1v) is 9.29. The molecule has 1 heterocycles. The summed E-state index contributed by atoms with van der Waals surface area (Å²) in [5, 5.41) is 6.85. The topological polar surface area (TPSA) is 122 Å². The minimum absolute atomic E-state index is 0.147. The Balaban J connectivity index is 1.40. The Bertz CT molecular complexity index is 964. The van der Waals surface area contributed by atoms with Gasteiger partial charge < -0.3 is 19.5 Å². The first kappa shape index (κ1) is 20.9. The smallest absolute Gasteiger partial charge is 0.353 e. The third-order valence-electron chi connectivity index (χ3n) is 3.72. The Morgan fingerprint density at radius 1 is 1.13 bits per heavy atom. The van der Waals surface area contributed by atoms with Gasteiger partial charge in [-0.25, -0.2) is 20.4 Å². The van der Waals surface area contributed by atoms with Gasteiger partial charge in [-0.05, 0) is 67.2 Å². The quantitative estimate of drug-likeness (QED) is 0.247. The first-order valence-electron chi connectivity index (χ1n) is 8.88. The first-order chi connectivity index (χ1) is 14.5. The Kier molecular flexibility index (Phi) is 7.00. The van der Waals surface area contributed by atoms with Crippen molar-refractivity contribution in [2.75, 3.05) is 18.7 Å². The highest BCUT2D eigenvalue weighted by Crippen LogP contribution is 2.31. The van der Waals surface area contributed by atoms with Crippen molar-refractivity contribution < 1.29 is 23.8 Å². The molecule has 1 aliphatic heterocycles. The molecule has 156 valence electrons.